The number of hydrogen-bond acceptors (Lipinski definition) is 5. The van der Waals surface area contributed by atoms with Gasteiger partial charge in [-0.2, -0.15) is 0 Å². The maximum atomic E-state index is 13.6. The Hall–Kier alpha value is -3.84. The highest BCUT2D eigenvalue weighted by Gasteiger charge is 2.35. The molecule has 0 bridgehead atoms. The quantitative estimate of drug-likeness (QED) is 0.337. The lowest BCUT2D eigenvalue weighted by Crippen LogP contribution is -2.24. The van der Waals surface area contributed by atoms with Crippen LogP contribution >= 0.6 is 0 Å². The summed E-state index contributed by atoms with van der Waals surface area (Å²) in [5.41, 5.74) is 4.12. The summed E-state index contributed by atoms with van der Waals surface area (Å²) in [4.78, 5) is 43.1. The zero-order chi connectivity index (χ0) is 26.5. The van der Waals surface area contributed by atoms with E-state index < -0.39 is 5.97 Å². The minimum Gasteiger partial charge on any atom is -0.478 e. The number of nitrogens with zero attached hydrogens (tertiary/aromatic N) is 2. The molecule has 0 amide bonds. The number of Topliss-reactive ketones (excluding diaryl/α,β-unsaturated/α-hetero) is 2. The number of carbonyl (C=O) groups is 3. The van der Waals surface area contributed by atoms with Gasteiger partial charge in [0.2, 0.25) is 11.6 Å². The summed E-state index contributed by atoms with van der Waals surface area (Å²) in [5.74, 6) is -0.622. The minimum absolute atomic E-state index is 0.0474. The smallest absolute Gasteiger partial charge is 0.336 e. The van der Waals surface area contributed by atoms with Crippen LogP contribution in [-0.2, 0) is 13.0 Å². The molecule has 0 saturated carbocycles. The Balaban J connectivity index is 1.70. The molecule has 7 nitrogen and oxygen atoms in total. The zero-order valence-electron chi connectivity index (χ0n) is 21.3. The molecule has 192 valence electrons. The Kier molecular flexibility index (Phi) is 8.14. The number of rotatable bonds is 11. The molecule has 2 aromatic carbocycles. The number of aliphatic hydroxyl groups excluding tert-OH is 1. The Bertz CT molecular complexity index is 1370. The van der Waals surface area contributed by atoms with Crippen molar-refractivity contribution in [3.05, 3.63) is 88.0 Å². The molecule has 0 saturated heterocycles. The molecule has 0 fully saturated rings. The highest BCUT2D eigenvalue weighted by Crippen LogP contribution is 2.31. The second-order valence-electron chi connectivity index (χ2n) is 9.41. The van der Waals surface area contributed by atoms with Crippen molar-refractivity contribution in [1.82, 2.24) is 9.55 Å². The monoisotopic (exact) mass is 500 g/mol. The number of fused-ring (bicyclic) bond motifs is 1. The van der Waals surface area contributed by atoms with Crippen molar-refractivity contribution in [2.75, 3.05) is 6.61 Å². The maximum Gasteiger partial charge on any atom is 0.336 e. The number of carboxylic acid groups (broad SMARTS) is 1. The highest BCUT2D eigenvalue weighted by molar-refractivity contribution is 6.25. The van der Waals surface area contributed by atoms with E-state index in [1.807, 2.05) is 34.9 Å². The fraction of sp³-hybridized carbons (Fsp3) is 0.333. The molecule has 0 radical (unpaired) electrons. The zero-order valence-corrected chi connectivity index (χ0v) is 21.3. The van der Waals surface area contributed by atoms with E-state index in [9.17, 15) is 19.5 Å². The van der Waals surface area contributed by atoms with Gasteiger partial charge in [-0.15, -0.1) is 0 Å². The fourth-order valence-corrected chi connectivity index (χ4v) is 4.82. The van der Waals surface area contributed by atoms with Crippen LogP contribution in [0.5, 0.6) is 0 Å². The molecule has 1 aliphatic carbocycles. The summed E-state index contributed by atoms with van der Waals surface area (Å²) in [6, 6.07) is 14.5. The number of carboxylic acids is 1. The van der Waals surface area contributed by atoms with Gasteiger partial charge in [0, 0.05) is 30.7 Å². The first-order chi connectivity index (χ1) is 17.9. The maximum absolute atomic E-state index is 13.6. The third-order valence-electron chi connectivity index (χ3n) is 6.90. The summed E-state index contributed by atoms with van der Waals surface area (Å²) in [5, 5.41) is 18.7. The van der Waals surface area contributed by atoms with E-state index in [1.54, 1.807) is 25.1 Å². The largest absolute Gasteiger partial charge is 0.478 e. The number of carbonyl (C=O) groups excluding carboxylic acids is 2. The number of aliphatic hydroxyl groups is 1. The molecule has 1 heterocycles. The van der Waals surface area contributed by atoms with Gasteiger partial charge in [0.15, 0.2) is 0 Å². The number of imidazole rings is 1. The standard InChI is InChI=1S/C30H32N2O5/c1-3-4-12-25-31-26-27(29(35)22(9-7-8-17-33)19(2)28(26)34)32(25)18-20-13-15-21(16-14-20)23-10-5-6-11-24(23)30(36)37/h5-6,10-11,13-16,33H,3-4,7-9,12,17-18H2,1-2H3,(H,36,37). The van der Waals surface area contributed by atoms with Crippen molar-refractivity contribution >= 4 is 17.5 Å². The lowest BCUT2D eigenvalue weighted by Gasteiger charge is -2.18. The second kappa shape index (κ2) is 11.5. The molecular weight excluding hydrogens is 468 g/mol. The third-order valence-corrected chi connectivity index (χ3v) is 6.90. The van der Waals surface area contributed by atoms with Gasteiger partial charge in [-0.1, -0.05) is 55.8 Å². The van der Waals surface area contributed by atoms with E-state index in [0.717, 1.165) is 29.8 Å². The second-order valence-corrected chi connectivity index (χ2v) is 9.41. The first-order valence-corrected chi connectivity index (χ1v) is 12.8. The molecule has 0 aliphatic heterocycles. The number of aromatic carboxylic acids is 1. The van der Waals surface area contributed by atoms with Gasteiger partial charge < -0.3 is 14.8 Å². The van der Waals surface area contributed by atoms with E-state index in [-0.39, 0.29) is 29.4 Å². The first kappa shape index (κ1) is 26.2. The Morgan fingerprint density at radius 3 is 2.35 bits per heavy atom. The van der Waals surface area contributed by atoms with E-state index >= 15 is 0 Å². The Morgan fingerprint density at radius 1 is 0.946 bits per heavy atom. The van der Waals surface area contributed by atoms with Crippen molar-refractivity contribution in [2.45, 2.75) is 58.9 Å². The van der Waals surface area contributed by atoms with E-state index in [0.29, 0.717) is 54.6 Å². The Morgan fingerprint density at radius 2 is 1.68 bits per heavy atom. The van der Waals surface area contributed by atoms with Crippen LogP contribution in [-0.4, -0.2) is 43.9 Å². The third kappa shape index (κ3) is 5.32. The number of aromatic nitrogens is 2. The topological polar surface area (TPSA) is 109 Å². The number of benzene rings is 2. The van der Waals surface area contributed by atoms with Crippen LogP contribution in [0.3, 0.4) is 0 Å². The van der Waals surface area contributed by atoms with E-state index in [1.165, 1.54) is 0 Å². The van der Waals surface area contributed by atoms with E-state index in [4.69, 9.17) is 5.11 Å². The molecule has 2 N–H and O–H groups in total. The van der Waals surface area contributed by atoms with Crippen LogP contribution in [0.1, 0.15) is 88.7 Å². The van der Waals surface area contributed by atoms with Crippen molar-refractivity contribution in [1.29, 1.82) is 0 Å². The number of unbranched alkanes of at least 4 members (excludes halogenated alkanes) is 2. The fourth-order valence-electron chi connectivity index (χ4n) is 4.82. The number of ketones is 2. The van der Waals surface area contributed by atoms with Crippen LogP contribution in [0.4, 0.5) is 0 Å². The molecule has 0 unspecified atom stereocenters. The molecule has 0 spiro atoms. The molecular formula is C30H32N2O5. The van der Waals surface area contributed by atoms with Gasteiger partial charge >= 0.3 is 5.97 Å². The van der Waals surface area contributed by atoms with Crippen LogP contribution in [0.15, 0.2) is 59.7 Å². The molecule has 1 aromatic heterocycles. The molecule has 7 heteroatoms. The van der Waals surface area contributed by atoms with Gasteiger partial charge in [0.05, 0.1) is 5.56 Å². The van der Waals surface area contributed by atoms with Crippen molar-refractivity contribution in [3.8, 4) is 11.1 Å². The lowest BCUT2D eigenvalue weighted by molar-refractivity contribution is 0.0697. The highest BCUT2D eigenvalue weighted by atomic mass is 16.4. The Labute approximate surface area is 216 Å². The summed E-state index contributed by atoms with van der Waals surface area (Å²) in [6.45, 7) is 4.20. The summed E-state index contributed by atoms with van der Waals surface area (Å²) in [6.07, 6.45) is 4.16. The summed E-state index contributed by atoms with van der Waals surface area (Å²) >= 11 is 0. The molecule has 37 heavy (non-hydrogen) atoms. The predicted molar refractivity (Wildman–Crippen MR) is 141 cm³/mol. The number of aryl methyl sites for hydroxylation is 1. The average molecular weight is 501 g/mol. The number of allylic oxidation sites excluding steroid dienone is 2. The molecule has 3 aromatic rings. The van der Waals surface area contributed by atoms with Gasteiger partial charge in [0.25, 0.3) is 0 Å². The SMILES string of the molecule is CCCCc1nc2c(n1Cc1ccc(-c3ccccc3C(=O)O)cc1)C(=O)C(CCCCO)=C(C)C2=O. The van der Waals surface area contributed by atoms with E-state index in [2.05, 4.69) is 11.9 Å². The predicted octanol–water partition coefficient (Wildman–Crippen LogP) is 5.50. The minimum atomic E-state index is -0.980. The first-order valence-electron chi connectivity index (χ1n) is 12.8. The van der Waals surface area contributed by atoms with Crippen molar-refractivity contribution in [3.63, 3.8) is 0 Å². The van der Waals surface area contributed by atoms with Crippen LogP contribution in [0, 0.1) is 0 Å². The summed E-state index contributed by atoms with van der Waals surface area (Å²) in [7, 11) is 0. The molecule has 4 rings (SSSR count). The normalized spacial score (nSPS) is 13.3. The van der Waals surface area contributed by atoms with Crippen LogP contribution in [0.25, 0.3) is 11.1 Å². The van der Waals surface area contributed by atoms with Crippen molar-refractivity contribution in [2.24, 2.45) is 0 Å². The van der Waals surface area contributed by atoms with Gasteiger partial charge in [-0.05, 0) is 55.4 Å². The molecule has 1 aliphatic rings. The van der Waals surface area contributed by atoms with Gasteiger partial charge in [0.1, 0.15) is 17.2 Å². The van der Waals surface area contributed by atoms with Crippen LogP contribution < -0.4 is 0 Å². The van der Waals surface area contributed by atoms with Gasteiger partial charge in [-0.25, -0.2) is 9.78 Å². The summed E-state index contributed by atoms with van der Waals surface area (Å²) < 4.78 is 1.88. The number of hydrogen-bond donors (Lipinski definition) is 2. The molecule has 0 atom stereocenters. The lowest BCUT2D eigenvalue weighted by atomic mass is 9.88. The van der Waals surface area contributed by atoms with Crippen molar-refractivity contribution < 1.29 is 24.6 Å². The van der Waals surface area contributed by atoms with Crippen LogP contribution in [0.2, 0.25) is 0 Å². The van der Waals surface area contributed by atoms with Gasteiger partial charge in [-0.3, -0.25) is 9.59 Å². The average Bonchev–Trinajstić information content (AvgIpc) is 3.26.